The van der Waals surface area contributed by atoms with E-state index in [4.69, 9.17) is 9.15 Å². The molecule has 29 heavy (non-hydrogen) atoms. The van der Waals surface area contributed by atoms with Gasteiger partial charge in [0.25, 0.3) is 0 Å². The first-order chi connectivity index (χ1) is 13.8. The van der Waals surface area contributed by atoms with E-state index in [1.165, 1.54) is 11.0 Å². The predicted octanol–water partition coefficient (Wildman–Crippen LogP) is 3.37. The first kappa shape index (κ1) is 17.7. The molecule has 1 saturated heterocycles. The van der Waals surface area contributed by atoms with Gasteiger partial charge >= 0.3 is 6.18 Å². The van der Waals surface area contributed by atoms with E-state index >= 15 is 0 Å². The van der Waals surface area contributed by atoms with Crippen molar-refractivity contribution in [2.75, 3.05) is 11.5 Å². The Bertz CT molecular complexity index is 1110. The highest BCUT2D eigenvalue weighted by Crippen LogP contribution is 2.49. The maximum Gasteiger partial charge on any atom is 0.449 e. The Morgan fingerprint density at radius 3 is 2.69 bits per heavy atom. The molecule has 0 bridgehead atoms. The summed E-state index contributed by atoms with van der Waals surface area (Å²) < 4.78 is 49.1. The topological polar surface area (TPSA) is 72.1 Å². The third-order valence-corrected chi connectivity index (χ3v) is 5.30. The first-order valence-electron chi connectivity index (χ1n) is 8.83. The number of halogens is 3. The van der Waals surface area contributed by atoms with Crippen LogP contribution in [0.5, 0.6) is 0 Å². The lowest BCUT2D eigenvalue weighted by Crippen LogP contribution is -2.46. The lowest BCUT2D eigenvalue weighted by atomic mass is 9.78. The molecule has 0 N–H and O–H groups in total. The van der Waals surface area contributed by atoms with E-state index in [1.54, 1.807) is 30.3 Å². The van der Waals surface area contributed by atoms with Gasteiger partial charge in [0.2, 0.25) is 17.6 Å². The Hall–Kier alpha value is -3.36. The van der Waals surface area contributed by atoms with Gasteiger partial charge in [0.05, 0.1) is 13.0 Å². The average Bonchev–Trinajstić information content (AvgIpc) is 3.36. The number of anilines is 1. The highest BCUT2D eigenvalue weighted by Gasteiger charge is 2.60. The lowest BCUT2D eigenvalue weighted by molar-refractivity contribution is -0.153. The minimum atomic E-state index is -4.61. The van der Waals surface area contributed by atoms with Crippen LogP contribution < -0.4 is 4.90 Å². The number of ether oxygens (including phenoxy) is 1. The summed E-state index contributed by atoms with van der Waals surface area (Å²) in [5.74, 6) is -1.53. The smallest absolute Gasteiger partial charge is 0.449 e. The van der Waals surface area contributed by atoms with Gasteiger partial charge in [-0.05, 0) is 24.3 Å². The van der Waals surface area contributed by atoms with Crippen LogP contribution in [-0.2, 0) is 32.5 Å². The Morgan fingerprint density at radius 1 is 1.14 bits per heavy atom. The van der Waals surface area contributed by atoms with Crippen molar-refractivity contribution in [1.82, 2.24) is 0 Å². The fraction of sp³-hybridized carbons (Fsp3) is 0.250. The van der Waals surface area contributed by atoms with E-state index in [1.807, 2.05) is 0 Å². The van der Waals surface area contributed by atoms with E-state index in [-0.39, 0.29) is 37.0 Å². The van der Waals surface area contributed by atoms with Crippen LogP contribution in [0, 0.1) is 0 Å². The Labute approximate surface area is 162 Å². The van der Waals surface area contributed by atoms with Gasteiger partial charge in [0.1, 0.15) is 23.8 Å². The molecule has 3 aliphatic heterocycles. The molecule has 2 amide bonds. The normalized spacial score (nSPS) is 23.1. The number of amides is 2. The molecule has 148 valence electrons. The number of allylic oxidation sites excluding steroid dienone is 1. The quantitative estimate of drug-likeness (QED) is 0.772. The summed E-state index contributed by atoms with van der Waals surface area (Å²) in [5, 5.41) is 0. The number of benzene rings is 1. The van der Waals surface area contributed by atoms with Crippen molar-refractivity contribution in [2.24, 2.45) is 4.99 Å². The molecule has 1 aromatic heterocycles. The molecule has 0 saturated carbocycles. The van der Waals surface area contributed by atoms with Crippen molar-refractivity contribution in [2.45, 2.75) is 24.6 Å². The number of carbonyl (C=O) groups is 2. The van der Waals surface area contributed by atoms with Gasteiger partial charge in [-0.1, -0.05) is 18.2 Å². The van der Waals surface area contributed by atoms with Crippen molar-refractivity contribution in [1.29, 1.82) is 0 Å². The van der Waals surface area contributed by atoms with Crippen molar-refractivity contribution in [3.63, 3.8) is 0 Å². The second-order valence-corrected chi connectivity index (χ2v) is 6.99. The zero-order valence-electron chi connectivity index (χ0n) is 14.8. The van der Waals surface area contributed by atoms with Gasteiger partial charge in [0.15, 0.2) is 5.41 Å². The number of hydrogen-bond acceptors (Lipinski definition) is 4. The number of aliphatic imine (C=N–C) groups is 1. The number of para-hydroxylation sites is 1. The van der Waals surface area contributed by atoms with Crippen LogP contribution in [0.25, 0.3) is 0 Å². The third kappa shape index (κ3) is 2.46. The summed E-state index contributed by atoms with van der Waals surface area (Å²) >= 11 is 0. The summed E-state index contributed by atoms with van der Waals surface area (Å²) in [6.07, 6.45) is -2.91. The van der Waals surface area contributed by atoms with Crippen molar-refractivity contribution in [3.05, 3.63) is 65.3 Å². The number of dihydropyridines is 1. The maximum absolute atomic E-state index is 13.5. The summed E-state index contributed by atoms with van der Waals surface area (Å²) in [6, 6.07) is 8.94. The number of rotatable bonds is 2. The van der Waals surface area contributed by atoms with Crippen molar-refractivity contribution < 1.29 is 31.9 Å². The number of hydrogen-bond donors (Lipinski definition) is 0. The monoisotopic (exact) mass is 402 g/mol. The van der Waals surface area contributed by atoms with Crippen LogP contribution >= 0.6 is 0 Å². The molecular formula is C20H13F3N2O4. The second kappa shape index (κ2) is 5.82. The summed E-state index contributed by atoms with van der Waals surface area (Å²) in [4.78, 5) is 30.8. The predicted molar refractivity (Wildman–Crippen MR) is 94.1 cm³/mol. The Kier molecular flexibility index (Phi) is 3.56. The van der Waals surface area contributed by atoms with E-state index in [9.17, 15) is 22.8 Å². The minimum Gasteiger partial charge on any atom is -0.490 e. The largest absolute Gasteiger partial charge is 0.490 e. The summed E-state index contributed by atoms with van der Waals surface area (Å²) in [5.41, 5.74) is 0.0828. The fourth-order valence-electron chi connectivity index (χ4n) is 4.01. The SMILES string of the molecule is O=C1CC=C2OCC3(C(=O)N(Cc4ccc(C(F)(F)F)o4)c4ccccc43)C2=N1. The van der Waals surface area contributed by atoms with Crippen LogP contribution in [-0.4, -0.2) is 24.1 Å². The van der Waals surface area contributed by atoms with E-state index in [2.05, 4.69) is 4.99 Å². The van der Waals surface area contributed by atoms with E-state index in [0.717, 1.165) is 6.07 Å². The first-order valence-corrected chi connectivity index (χ1v) is 8.83. The molecule has 6 nitrogen and oxygen atoms in total. The Morgan fingerprint density at radius 2 is 1.93 bits per heavy atom. The van der Waals surface area contributed by atoms with Crippen molar-refractivity contribution >= 4 is 23.2 Å². The van der Waals surface area contributed by atoms with Crippen LogP contribution in [0.15, 0.2) is 57.6 Å². The molecule has 3 aliphatic rings. The molecule has 1 spiro atoms. The maximum atomic E-state index is 13.5. The van der Waals surface area contributed by atoms with Crippen LogP contribution in [0.3, 0.4) is 0 Å². The standard InChI is InChI=1S/C20H13F3N2O4/c21-20(22,23)15-7-5-11(29-15)9-25-13-4-2-1-3-12(13)19(18(25)27)10-28-14-6-8-16(26)24-17(14)19/h1-7H,8-10H2. The Balaban J connectivity index is 1.58. The van der Waals surface area contributed by atoms with Crippen LogP contribution in [0.1, 0.15) is 23.5 Å². The minimum absolute atomic E-state index is 0.00568. The number of alkyl halides is 3. The van der Waals surface area contributed by atoms with Gasteiger partial charge in [0, 0.05) is 11.3 Å². The van der Waals surface area contributed by atoms with E-state index in [0.29, 0.717) is 17.0 Å². The molecule has 9 heteroatoms. The summed E-state index contributed by atoms with van der Waals surface area (Å²) in [7, 11) is 0. The molecule has 0 aliphatic carbocycles. The van der Waals surface area contributed by atoms with E-state index < -0.39 is 23.3 Å². The van der Waals surface area contributed by atoms with Crippen molar-refractivity contribution in [3.8, 4) is 0 Å². The highest BCUT2D eigenvalue weighted by molar-refractivity contribution is 6.31. The van der Waals surface area contributed by atoms with Gasteiger partial charge in [-0.2, -0.15) is 13.2 Å². The van der Waals surface area contributed by atoms with Gasteiger partial charge in [-0.3, -0.25) is 9.59 Å². The number of furan rings is 1. The van der Waals surface area contributed by atoms with Crippen LogP contribution in [0.4, 0.5) is 18.9 Å². The lowest BCUT2D eigenvalue weighted by Gasteiger charge is -2.22. The molecule has 0 radical (unpaired) electrons. The van der Waals surface area contributed by atoms with Gasteiger partial charge in [-0.25, -0.2) is 4.99 Å². The molecule has 4 heterocycles. The molecule has 1 unspecified atom stereocenters. The molecular weight excluding hydrogens is 389 g/mol. The van der Waals surface area contributed by atoms with Gasteiger partial charge in [-0.15, -0.1) is 0 Å². The van der Waals surface area contributed by atoms with Gasteiger partial charge < -0.3 is 14.1 Å². The van der Waals surface area contributed by atoms with Crippen LogP contribution in [0.2, 0.25) is 0 Å². The number of nitrogens with zero attached hydrogens (tertiary/aromatic N) is 2. The fourth-order valence-corrected chi connectivity index (χ4v) is 4.01. The molecule has 2 aromatic rings. The second-order valence-electron chi connectivity index (χ2n) is 6.99. The number of fused-ring (bicyclic) bond motifs is 4. The highest BCUT2D eigenvalue weighted by atomic mass is 19.4. The molecule has 1 atom stereocenters. The zero-order valence-corrected chi connectivity index (χ0v) is 14.8. The molecule has 1 fully saturated rings. The molecule has 5 rings (SSSR count). The molecule has 1 aromatic carbocycles. The summed E-state index contributed by atoms with van der Waals surface area (Å²) in [6.45, 7) is -0.211. The third-order valence-electron chi connectivity index (χ3n) is 5.30. The average molecular weight is 402 g/mol. The zero-order chi connectivity index (χ0) is 20.4. The number of carbonyl (C=O) groups excluding carboxylic acids is 2.